The average Bonchev–Trinajstić information content (AvgIpc) is 3.61. The second-order valence-electron chi connectivity index (χ2n) is 11.8. The number of benzene rings is 1. The Morgan fingerprint density at radius 3 is 2.40 bits per heavy atom. The monoisotopic (exact) mass is 646 g/mol. The summed E-state index contributed by atoms with van der Waals surface area (Å²) >= 11 is 0. The smallest absolute Gasteiger partial charge is 0.241 e. The van der Waals surface area contributed by atoms with Crippen molar-refractivity contribution in [2.24, 2.45) is 5.92 Å². The minimum Gasteiger partial charge on any atom is -0.501 e. The van der Waals surface area contributed by atoms with Crippen molar-refractivity contribution in [2.45, 2.75) is 100 Å². The minimum absolute atomic E-state index is 0.158. The third-order valence-corrected chi connectivity index (χ3v) is 7.88. The number of pyridine rings is 1. The number of hydrogen-bond acceptors (Lipinski definition) is 5. The molecule has 0 unspecified atom stereocenters. The van der Waals surface area contributed by atoms with Crippen molar-refractivity contribution in [3.05, 3.63) is 90.5 Å². The van der Waals surface area contributed by atoms with Crippen molar-refractivity contribution in [3.63, 3.8) is 0 Å². The molecule has 1 aromatic carbocycles. The molecule has 0 bridgehead atoms. The molecule has 1 saturated heterocycles. The fraction of sp³-hybridized carbons (Fsp3) is 0.525. The first-order valence-corrected chi connectivity index (χ1v) is 17.6. The molecule has 2 aromatic rings. The van der Waals surface area contributed by atoms with Gasteiger partial charge in [-0.15, -0.1) is 0 Å². The number of fused-ring (bicyclic) bond motifs is 1. The Kier molecular flexibility index (Phi) is 21.5. The van der Waals surface area contributed by atoms with Crippen LogP contribution >= 0.6 is 0 Å². The molecular weight excluding hydrogens is 584 g/mol. The lowest BCUT2D eigenvalue weighted by molar-refractivity contribution is -0.120. The van der Waals surface area contributed by atoms with Crippen LogP contribution in [0.3, 0.4) is 0 Å². The highest BCUT2D eigenvalue weighted by Gasteiger charge is 2.30. The number of carbonyl (C=O) groups is 2. The Labute approximate surface area is 286 Å². The number of aromatic nitrogens is 1. The number of nitrogens with zero attached hydrogens (tertiary/aromatic N) is 4. The Hall–Kier alpha value is -3.71. The SMILES string of the molecule is CC.CC=C(C)C.CCCCN(C(=O)CN1C[C@H](/C=C/C=C/OCCC)C[C@@H]1C)c1cccnc1.CCN1C(=O)Cc2ccccc21. The van der Waals surface area contributed by atoms with E-state index in [1.54, 1.807) is 18.7 Å². The molecule has 1 fully saturated rings. The van der Waals surface area contributed by atoms with Gasteiger partial charge in [-0.1, -0.05) is 76.1 Å². The van der Waals surface area contributed by atoms with Crippen LogP contribution in [0.5, 0.6) is 0 Å². The number of rotatable bonds is 12. The first kappa shape index (κ1) is 41.3. The summed E-state index contributed by atoms with van der Waals surface area (Å²) in [6.07, 6.45) is 18.3. The highest BCUT2D eigenvalue weighted by molar-refractivity contribution is 6.01. The van der Waals surface area contributed by atoms with Gasteiger partial charge in [-0.2, -0.15) is 0 Å². The van der Waals surface area contributed by atoms with Gasteiger partial charge in [0.1, 0.15) is 0 Å². The fourth-order valence-corrected chi connectivity index (χ4v) is 5.16. The van der Waals surface area contributed by atoms with Gasteiger partial charge in [0.15, 0.2) is 0 Å². The molecule has 0 radical (unpaired) electrons. The molecule has 47 heavy (non-hydrogen) atoms. The predicted molar refractivity (Wildman–Crippen MR) is 200 cm³/mol. The topological polar surface area (TPSA) is 66.0 Å². The summed E-state index contributed by atoms with van der Waals surface area (Å²) in [6.45, 7) is 22.3. The molecule has 1 aromatic heterocycles. The molecule has 260 valence electrons. The molecule has 2 amide bonds. The molecule has 2 aliphatic heterocycles. The molecular formula is C40H62N4O3. The second-order valence-corrected chi connectivity index (χ2v) is 11.8. The maximum Gasteiger partial charge on any atom is 0.241 e. The van der Waals surface area contributed by atoms with Gasteiger partial charge in [0.2, 0.25) is 11.8 Å². The second kappa shape index (κ2) is 24.5. The molecule has 0 spiro atoms. The summed E-state index contributed by atoms with van der Waals surface area (Å²) in [5.41, 5.74) is 4.51. The van der Waals surface area contributed by atoms with E-state index in [1.807, 2.05) is 80.0 Å². The zero-order valence-corrected chi connectivity index (χ0v) is 30.7. The molecule has 2 aliphatic rings. The lowest BCUT2D eigenvalue weighted by Gasteiger charge is -2.27. The van der Waals surface area contributed by atoms with E-state index in [-0.39, 0.29) is 11.8 Å². The number of unbranched alkanes of at least 4 members (excludes halogenated alkanes) is 1. The molecule has 0 N–H and O–H groups in total. The van der Waals surface area contributed by atoms with E-state index in [0.717, 1.165) is 68.9 Å². The molecule has 2 atom stereocenters. The molecule has 7 heteroatoms. The van der Waals surface area contributed by atoms with Crippen LogP contribution in [0.15, 0.2) is 84.9 Å². The molecule has 0 aliphatic carbocycles. The van der Waals surface area contributed by atoms with Crippen molar-refractivity contribution >= 4 is 23.2 Å². The zero-order valence-electron chi connectivity index (χ0n) is 30.7. The summed E-state index contributed by atoms with van der Waals surface area (Å²) in [4.78, 5) is 34.6. The van der Waals surface area contributed by atoms with E-state index >= 15 is 0 Å². The van der Waals surface area contributed by atoms with Gasteiger partial charge in [-0.25, -0.2) is 0 Å². The maximum absolute atomic E-state index is 13.0. The van der Waals surface area contributed by atoms with E-state index in [0.29, 0.717) is 24.9 Å². The number of amides is 2. The minimum atomic E-state index is 0.158. The van der Waals surface area contributed by atoms with Gasteiger partial charge in [-0.3, -0.25) is 19.5 Å². The third-order valence-electron chi connectivity index (χ3n) is 7.88. The van der Waals surface area contributed by atoms with Gasteiger partial charge in [0.05, 0.1) is 37.7 Å². The number of hydrogen-bond donors (Lipinski definition) is 0. The van der Waals surface area contributed by atoms with Gasteiger partial charge in [-0.05, 0) is 89.6 Å². The van der Waals surface area contributed by atoms with Gasteiger partial charge in [0.25, 0.3) is 0 Å². The summed E-state index contributed by atoms with van der Waals surface area (Å²) in [5.74, 6) is 0.852. The van der Waals surface area contributed by atoms with Crippen LogP contribution in [0.2, 0.25) is 0 Å². The van der Waals surface area contributed by atoms with Crippen LogP contribution < -0.4 is 9.80 Å². The van der Waals surface area contributed by atoms with E-state index in [1.165, 1.54) is 5.57 Å². The highest BCUT2D eigenvalue weighted by atomic mass is 16.5. The number of anilines is 2. The Balaban J connectivity index is 0.000000474. The first-order chi connectivity index (χ1) is 22.7. The first-order valence-electron chi connectivity index (χ1n) is 17.6. The van der Waals surface area contributed by atoms with Crippen molar-refractivity contribution in [3.8, 4) is 0 Å². The van der Waals surface area contributed by atoms with Crippen molar-refractivity contribution in [1.82, 2.24) is 9.88 Å². The lowest BCUT2D eigenvalue weighted by atomic mass is 10.1. The Bertz CT molecular complexity index is 1240. The predicted octanol–water partition coefficient (Wildman–Crippen LogP) is 9.02. The highest BCUT2D eigenvalue weighted by Crippen LogP contribution is 2.28. The van der Waals surface area contributed by atoms with Crippen LogP contribution in [0.25, 0.3) is 0 Å². The van der Waals surface area contributed by atoms with Crippen molar-refractivity contribution in [2.75, 3.05) is 42.6 Å². The van der Waals surface area contributed by atoms with Gasteiger partial charge in [0, 0.05) is 37.6 Å². The molecule has 0 saturated carbocycles. The van der Waals surface area contributed by atoms with Crippen LogP contribution in [0.4, 0.5) is 11.4 Å². The molecule has 4 rings (SSSR count). The zero-order chi connectivity index (χ0) is 35.0. The van der Waals surface area contributed by atoms with Gasteiger partial charge < -0.3 is 14.5 Å². The van der Waals surface area contributed by atoms with Crippen LogP contribution in [0, 0.1) is 5.92 Å². The summed E-state index contributed by atoms with van der Waals surface area (Å²) in [5, 5.41) is 0. The summed E-state index contributed by atoms with van der Waals surface area (Å²) < 4.78 is 5.35. The maximum atomic E-state index is 13.0. The number of carbonyl (C=O) groups excluding carboxylic acids is 2. The van der Waals surface area contributed by atoms with Crippen LogP contribution in [-0.4, -0.2) is 60.5 Å². The van der Waals surface area contributed by atoms with Crippen LogP contribution in [0.1, 0.15) is 93.6 Å². The van der Waals surface area contributed by atoms with E-state index < -0.39 is 0 Å². The van der Waals surface area contributed by atoms with E-state index in [2.05, 4.69) is 62.7 Å². The standard InChI is InChI=1S/C23H35N3O2.C10H11NO.C5H10.C2H6/c1-4-6-13-26(22-11-9-12-24-17-22)23(27)19-25-18-21(16-20(25)3)10-7-8-15-28-14-5-2;1-2-11-9-6-4-3-5-8(9)7-10(11)12;1-4-5(2)3;1-2/h7-12,15,17,20-21H,4-6,13-14,16,18-19H2,1-3H3;3-6H,2,7H2,1H3;4H,1-3H3;1-2H3/b10-7+,15-8+;;;/t20-,21+;;;/m0.../s1. The summed E-state index contributed by atoms with van der Waals surface area (Å²) in [6, 6.07) is 12.2. The average molecular weight is 647 g/mol. The third kappa shape index (κ3) is 15.2. The molecule has 7 nitrogen and oxygen atoms in total. The molecule has 3 heterocycles. The number of likely N-dealkylation sites (tertiary alicyclic amines) is 1. The fourth-order valence-electron chi connectivity index (χ4n) is 5.16. The largest absolute Gasteiger partial charge is 0.501 e. The number of para-hydroxylation sites is 1. The number of allylic oxidation sites excluding steroid dienone is 4. The number of ether oxygens (including phenoxy) is 1. The Morgan fingerprint density at radius 1 is 1.06 bits per heavy atom. The van der Waals surface area contributed by atoms with E-state index in [9.17, 15) is 9.59 Å². The van der Waals surface area contributed by atoms with Crippen molar-refractivity contribution < 1.29 is 14.3 Å². The Morgan fingerprint density at radius 2 is 1.79 bits per heavy atom. The number of likely N-dealkylation sites (N-methyl/N-ethyl adjacent to an activating group) is 1. The summed E-state index contributed by atoms with van der Waals surface area (Å²) in [7, 11) is 0. The normalized spacial score (nSPS) is 16.8. The lowest BCUT2D eigenvalue weighted by Crippen LogP contribution is -2.42. The quantitative estimate of drug-likeness (QED) is 0.0997. The van der Waals surface area contributed by atoms with Crippen LogP contribution in [-0.2, 0) is 20.7 Å². The van der Waals surface area contributed by atoms with Gasteiger partial charge >= 0.3 is 0 Å². The van der Waals surface area contributed by atoms with E-state index in [4.69, 9.17) is 4.74 Å². The van der Waals surface area contributed by atoms with Crippen molar-refractivity contribution in [1.29, 1.82) is 0 Å².